The van der Waals surface area contributed by atoms with Gasteiger partial charge in [-0.2, -0.15) is 0 Å². The summed E-state index contributed by atoms with van der Waals surface area (Å²) in [5.74, 6) is 1.65. The van der Waals surface area contributed by atoms with E-state index in [4.69, 9.17) is 4.42 Å². The van der Waals surface area contributed by atoms with Crippen LogP contribution in [0.1, 0.15) is 37.3 Å². The molecule has 0 amide bonds. The highest BCUT2D eigenvalue weighted by molar-refractivity contribution is 7.99. The predicted molar refractivity (Wildman–Crippen MR) is 75.7 cm³/mol. The van der Waals surface area contributed by atoms with Gasteiger partial charge in [-0.15, -0.1) is 10.2 Å². The first-order valence-corrected chi connectivity index (χ1v) is 7.61. The van der Waals surface area contributed by atoms with Crippen molar-refractivity contribution in [2.24, 2.45) is 0 Å². The molecule has 2 rings (SSSR count). The molecule has 0 saturated carbocycles. The lowest BCUT2D eigenvalue weighted by Crippen LogP contribution is -2.54. The van der Waals surface area contributed by atoms with Crippen molar-refractivity contribution < 1.29 is 10.2 Å². The first kappa shape index (κ1) is 14.1. The number of rotatable bonds is 7. The molecule has 5 heteroatoms. The molecule has 1 aromatic heterocycles. The van der Waals surface area contributed by atoms with Gasteiger partial charge in [0.05, 0.1) is 0 Å². The van der Waals surface area contributed by atoms with Crippen molar-refractivity contribution >= 4 is 11.8 Å². The third-order valence-corrected chi connectivity index (χ3v) is 3.72. The summed E-state index contributed by atoms with van der Waals surface area (Å²) in [6, 6.07) is 10.3. The van der Waals surface area contributed by atoms with E-state index >= 15 is 0 Å². The van der Waals surface area contributed by atoms with Crippen molar-refractivity contribution in [3.8, 4) is 0 Å². The number of hydrogen-bond acceptors (Lipinski definition) is 4. The number of thioether (sulfide) groups is 1. The summed E-state index contributed by atoms with van der Waals surface area (Å²) in [7, 11) is 0. The van der Waals surface area contributed by atoms with E-state index in [0.717, 1.165) is 12.2 Å². The number of quaternary nitrogens is 1. The van der Waals surface area contributed by atoms with Crippen molar-refractivity contribution in [2.45, 2.75) is 37.5 Å². The molecule has 1 heterocycles. The van der Waals surface area contributed by atoms with Crippen LogP contribution in [0.4, 0.5) is 0 Å². The van der Waals surface area contributed by atoms with Crippen LogP contribution in [0.15, 0.2) is 40.0 Å². The summed E-state index contributed by atoms with van der Waals surface area (Å²) in [4.78, 5) is 0. The molecule has 0 aliphatic rings. The van der Waals surface area contributed by atoms with Gasteiger partial charge < -0.3 is 10.2 Å². The maximum atomic E-state index is 5.64. The van der Waals surface area contributed by atoms with Gasteiger partial charge in [-0.05, 0) is 12.0 Å². The summed E-state index contributed by atoms with van der Waals surface area (Å²) in [6.45, 7) is 2.17. The summed E-state index contributed by atoms with van der Waals surface area (Å²) in [5, 5.41) is 8.81. The highest BCUT2D eigenvalue weighted by atomic mass is 32.2. The summed E-state index contributed by atoms with van der Waals surface area (Å²) in [5.41, 5.74) is 5.34. The minimum atomic E-state index is 0.00965. The Bertz CT molecular complexity index is 486. The molecule has 3 N–H and O–H groups in total. The fraction of sp³-hybridized carbons (Fsp3) is 0.429. The Morgan fingerprint density at radius 1 is 1.26 bits per heavy atom. The highest BCUT2D eigenvalue weighted by Gasteiger charge is 2.18. The van der Waals surface area contributed by atoms with Crippen LogP contribution in [-0.4, -0.2) is 16.0 Å². The Morgan fingerprint density at radius 2 is 2.05 bits per heavy atom. The van der Waals surface area contributed by atoms with E-state index < -0.39 is 0 Å². The molecule has 1 aromatic carbocycles. The maximum absolute atomic E-state index is 5.64. The third-order valence-electron chi connectivity index (χ3n) is 2.82. The molecule has 0 saturated heterocycles. The molecular formula is C14H20N3OS+. The molecule has 0 spiro atoms. The minimum absolute atomic E-state index is 0.00965. The SMILES string of the molecule is CCCCSc1nnc([C@H]([NH3+])Cc2ccccc2)o1. The second-order valence-corrected chi connectivity index (χ2v) is 5.54. The molecule has 0 aliphatic heterocycles. The van der Waals surface area contributed by atoms with Gasteiger partial charge in [0.2, 0.25) is 0 Å². The van der Waals surface area contributed by atoms with Crippen LogP contribution >= 0.6 is 11.8 Å². The van der Waals surface area contributed by atoms with Gasteiger partial charge in [-0.3, -0.25) is 0 Å². The molecule has 2 aromatic rings. The molecule has 0 unspecified atom stereocenters. The van der Waals surface area contributed by atoms with Crippen molar-refractivity contribution in [2.75, 3.05) is 5.75 Å². The second-order valence-electron chi connectivity index (χ2n) is 4.49. The van der Waals surface area contributed by atoms with Crippen LogP contribution in [0.5, 0.6) is 0 Å². The zero-order valence-corrected chi connectivity index (χ0v) is 12.0. The molecule has 102 valence electrons. The van der Waals surface area contributed by atoms with Crippen LogP contribution < -0.4 is 5.73 Å². The van der Waals surface area contributed by atoms with Gasteiger partial charge in [0.15, 0.2) is 6.04 Å². The maximum Gasteiger partial charge on any atom is 0.276 e. The molecule has 0 bridgehead atoms. The number of hydrogen-bond donors (Lipinski definition) is 1. The topological polar surface area (TPSA) is 66.6 Å². The van der Waals surface area contributed by atoms with E-state index in [9.17, 15) is 0 Å². The standard InChI is InChI=1S/C14H19N3OS/c1-2-3-9-19-14-17-16-13(18-14)12(15)10-11-7-5-4-6-8-11/h4-8,12H,2-3,9-10,15H2,1H3/p+1/t12-/m1/s1. The van der Waals surface area contributed by atoms with Crippen LogP contribution in [0.3, 0.4) is 0 Å². The molecule has 19 heavy (non-hydrogen) atoms. The van der Waals surface area contributed by atoms with Gasteiger partial charge >= 0.3 is 0 Å². The second kappa shape index (κ2) is 7.31. The third kappa shape index (κ3) is 4.36. The van der Waals surface area contributed by atoms with Gasteiger partial charge in [0.25, 0.3) is 11.1 Å². The molecule has 0 fully saturated rings. The lowest BCUT2D eigenvalue weighted by Gasteiger charge is -2.03. The average molecular weight is 278 g/mol. The van der Waals surface area contributed by atoms with E-state index in [1.165, 1.54) is 18.4 Å². The van der Waals surface area contributed by atoms with Crippen LogP contribution in [0.2, 0.25) is 0 Å². The van der Waals surface area contributed by atoms with Crippen molar-refractivity contribution in [3.63, 3.8) is 0 Å². The van der Waals surface area contributed by atoms with Gasteiger partial charge in [0, 0.05) is 12.2 Å². The minimum Gasteiger partial charge on any atom is -0.410 e. The monoisotopic (exact) mass is 278 g/mol. The summed E-state index contributed by atoms with van der Waals surface area (Å²) < 4.78 is 5.64. The Hall–Kier alpha value is -1.33. The molecule has 0 radical (unpaired) electrons. The lowest BCUT2D eigenvalue weighted by molar-refractivity contribution is -0.431. The van der Waals surface area contributed by atoms with Crippen LogP contribution in [0.25, 0.3) is 0 Å². The molecule has 4 nitrogen and oxygen atoms in total. The zero-order chi connectivity index (χ0) is 13.5. The zero-order valence-electron chi connectivity index (χ0n) is 11.2. The summed E-state index contributed by atoms with van der Waals surface area (Å²) >= 11 is 1.62. The number of benzene rings is 1. The Morgan fingerprint density at radius 3 is 2.79 bits per heavy atom. The Kier molecular flexibility index (Phi) is 5.42. The smallest absolute Gasteiger partial charge is 0.276 e. The highest BCUT2D eigenvalue weighted by Crippen LogP contribution is 2.20. The van der Waals surface area contributed by atoms with Crippen molar-refractivity contribution in [1.82, 2.24) is 10.2 Å². The largest absolute Gasteiger partial charge is 0.410 e. The molecular weight excluding hydrogens is 258 g/mol. The normalized spacial score (nSPS) is 12.5. The predicted octanol–water partition coefficient (Wildman–Crippen LogP) is 2.49. The average Bonchev–Trinajstić information content (AvgIpc) is 2.89. The van der Waals surface area contributed by atoms with E-state index in [2.05, 4.69) is 35.0 Å². The summed E-state index contributed by atoms with van der Waals surface area (Å²) in [6.07, 6.45) is 3.17. The first-order chi connectivity index (χ1) is 9.29. The number of aromatic nitrogens is 2. The molecule has 1 atom stereocenters. The fourth-order valence-electron chi connectivity index (χ4n) is 1.73. The Balaban J connectivity index is 1.90. The Labute approximate surface area is 117 Å². The van der Waals surface area contributed by atoms with Crippen molar-refractivity contribution in [1.29, 1.82) is 0 Å². The van der Waals surface area contributed by atoms with E-state index in [-0.39, 0.29) is 6.04 Å². The number of nitrogens with zero attached hydrogens (tertiary/aromatic N) is 2. The number of unbranched alkanes of at least 4 members (excludes halogenated alkanes) is 1. The van der Waals surface area contributed by atoms with Gasteiger partial charge in [-0.25, -0.2) is 0 Å². The molecule has 0 aliphatic carbocycles. The quantitative estimate of drug-likeness (QED) is 0.624. The van der Waals surface area contributed by atoms with Crippen LogP contribution in [0, 0.1) is 0 Å². The van der Waals surface area contributed by atoms with E-state index in [0.29, 0.717) is 11.1 Å². The van der Waals surface area contributed by atoms with Gasteiger partial charge in [-0.1, -0.05) is 55.4 Å². The van der Waals surface area contributed by atoms with Gasteiger partial charge in [0.1, 0.15) is 0 Å². The van der Waals surface area contributed by atoms with E-state index in [1.54, 1.807) is 11.8 Å². The van der Waals surface area contributed by atoms with Crippen LogP contribution in [-0.2, 0) is 6.42 Å². The van der Waals surface area contributed by atoms with E-state index in [1.807, 2.05) is 18.2 Å². The fourth-order valence-corrected chi connectivity index (χ4v) is 2.58. The first-order valence-electron chi connectivity index (χ1n) is 6.62. The lowest BCUT2D eigenvalue weighted by atomic mass is 10.1. The van der Waals surface area contributed by atoms with Crippen molar-refractivity contribution in [3.05, 3.63) is 41.8 Å².